The number of esters is 1. The molecule has 0 spiro atoms. The lowest BCUT2D eigenvalue weighted by Gasteiger charge is -2.14. The van der Waals surface area contributed by atoms with Crippen LogP contribution in [0.2, 0.25) is 0 Å². The Morgan fingerprint density at radius 1 is 0.920 bits per heavy atom. The van der Waals surface area contributed by atoms with Crippen LogP contribution >= 0.6 is 0 Å². The lowest BCUT2D eigenvalue weighted by atomic mass is 10.1. The minimum atomic E-state index is -0.889. The van der Waals surface area contributed by atoms with Gasteiger partial charge in [-0.25, -0.2) is 4.79 Å². The maximum absolute atomic E-state index is 12.3. The fraction of sp³-hybridized carbons (Fsp3) is 0.143. The molecule has 3 aromatic carbocycles. The Morgan fingerprint density at radius 3 is 2.44 bits per heavy atom. The van der Waals surface area contributed by atoms with Gasteiger partial charge in [0.05, 0.1) is 5.56 Å². The van der Waals surface area contributed by atoms with Gasteiger partial charge < -0.3 is 10.1 Å². The van der Waals surface area contributed by atoms with Gasteiger partial charge in [0, 0.05) is 5.69 Å². The SMILES string of the molecule is Cc1cccc(NC(=O)[C@@H](C)OC(=O)c2ccc3ccccc3c2)c1. The second-order valence-corrected chi connectivity index (χ2v) is 5.97. The van der Waals surface area contributed by atoms with Crippen molar-refractivity contribution in [3.8, 4) is 0 Å². The first-order valence-electron chi connectivity index (χ1n) is 8.10. The maximum Gasteiger partial charge on any atom is 0.338 e. The molecule has 0 unspecified atom stereocenters. The Kier molecular flexibility index (Phi) is 4.80. The average Bonchev–Trinajstić information content (AvgIpc) is 2.61. The summed E-state index contributed by atoms with van der Waals surface area (Å²) in [6, 6.07) is 20.5. The van der Waals surface area contributed by atoms with Crippen LogP contribution in [0, 0.1) is 6.92 Å². The largest absolute Gasteiger partial charge is 0.449 e. The number of nitrogens with one attached hydrogen (secondary N) is 1. The van der Waals surface area contributed by atoms with Gasteiger partial charge in [-0.05, 0) is 54.4 Å². The molecule has 0 aliphatic rings. The molecule has 0 fully saturated rings. The minimum absolute atomic E-state index is 0.361. The third-order valence-corrected chi connectivity index (χ3v) is 3.92. The van der Waals surface area contributed by atoms with Crippen molar-refractivity contribution in [2.24, 2.45) is 0 Å². The van der Waals surface area contributed by atoms with Gasteiger partial charge in [-0.1, -0.05) is 42.5 Å². The second kappa shape index (κ2) is 7.18. The Bertz CT molecular complexity index is 933. The van der Waals surface area contributed by atoms with E-state index in [2.05, 4.69) is 5.32 Å². The molecule has 0 heterocycles. The van der Waals surface area contributed by atoms with Crippen LogP contribution in [0.4, 0.5) is 5.69 Å². The summed E-state index contributed by atoms with van der Waals surface area (Å²) >= 11 is 0. The molecule has 0 aliphatic heterocycles. The van der Waals surface area contributed by atoms with Gasteiger partial charge in [0.15, 0.2) is 6.10 Å². The first-order chi connectivity index (χ1) is 12.0. The molecule has 0 saturated carbocycles. The van der Waals surface area contributed by atoms with E-state index in [0.29, 0.717) is 11.3 Å². The van der Waals surface area contributed by atoms with Crippen molar-refractivity contribution < 1.29 is 14.3 Å². The Hall–Kier alpha value is -3.14. The standard InChI is InChI=1S/C21H19NO3/c1-14-6-5-9-19(12-14)22-20(23)15(2)25-21(24)18-11-10-16-7-3-4-8-17(16)13-18/h3-13,15H,1-2H3,(H,22,23)/t15-/m1/s1. The first-order valence-corrected chi connectivity index (χ1v) is 8.10. The van der Waals surface area contributed by atoms with Crippen LogP contribution in [-0.2, 0) is 9.53 Å². The summed E-state index contributed by atoms with van der Waals surface area (Å²) in [4.78, 5) is 24.5. The number of fused-ring (bicyclic) bond motifs is 1. The van der Waals surface area contributed by atoms with Gasteiger partial charge in [-0.15, -0.1) is 0 Å². The van der Waals surface area contributed by atoms with Gasteiger partial charge in [-0.2, -0.15) is 0 Å². The summed E-state index contributed by atoms with van der Waals surface area (Å²) in [5.41, 5.74) is 2.14. The van der Waals surface area contributed by atoms with E-state index >= 15 is 0 Å². The zero-order chi connectivity index (χ0) is 17.8. The fourth-order valence-electron chi connectivity index (χ4n) is 2.57. The van der Waals surface area contributed by atoms with E-state index in [-0.39, 0.29) is 5.91 Å². The maximum atomic E-state index is 12.3. The molecule has 25 heavy (non-hydrogen) atoms. The van der Waals surface area contributed by atoms with Crippen LogP contribution < -0.4 is 5.32 Å². The van der Waals surface area contributed by atoms with Crippen LogP contribution in [0.25, 0.3) is 10.8 Å². The Morgan fingerprint density at radius 2 is 1.68 bits per heavy atom. The summed E-state index contributed by atoms with van der Waals surface area (Å²) in [5.74, 6) is -0.877. The van der Waals surface area contributed by atoms with E-state index in [1.165, 1.54) is 0 Å². The lowest BCUT2D eigenvalue weighted by Crippen LogP contribution is -2.30. The second-order valence-electron chi connectivity index (χ2n) is 5.97. The zero-order valence-corrected chi connectivity index (χ0v) is 14.2. The summed E-state index contributed by atoms with van der Waals surface area (Å²) in [7, 11) is 0. The van der Waals surface area contributed by atoms with Crippen LogP contribution in [0.5, 0.6) is 0 Å². The van der Waals surface area contributed by atoms with Crippen molar-refractivity contribution in [3.05, 3.63) is 77.9 Å². The third-order valence-electron chi connectivity index (χ3n) is 3.92. The van der Waals surface area contributed by atoms with Crippen molar-refractivity contribution in [2.75, 3.05) is 5.32 Å². The highest BCUT2D eigenvalue weighted by atomic mass is 16.5. The number of hydrogen-bond donors (Lipinski definition) is 1. The quantitative estimate of drug-likeness (QED) is 0.723. The molecule has 0 aromatic heterocycles. The van der Waals surface area contributed by atoms with Crippen molar-refractivity contribution in [2.45, 2.75) is 20.0 Å². The van der Waals surface area contributed by atoms with E-state index in [1.54, 1.807) is 25.1 Å². The number of hydrogen-bond acceptors (Lipinski definition) is 3. The van der Waals surface area contributed by atoms with Crippen LogP contribution in [0.15, 0.2) is 66.7 Å². The molecular weight excluding hydrogens is 314 g/mol. The average molecular weight is 333 g/mol. The zero-order valence-electron chi connectivity index (χ0n) is 14.2. The molecule has 1 atom stereocenters. The third kappa shape index (κ3) is 4.04. The highest BCUT2D eigenvalue weighted by Crippen LogP contribution is 2.17. The summed E-state index contributed by atoms with van der Waals surface area (Å²) < 4.78 is 5.30. The van der Waals surface area contributed by atoms with Crippen molar-refractivity contribution in [1.29, 1.82) is 0 Å². The van der Waals surface area contributed by atoms with Gasteiger partial charge in [0.25, 0.3) is 5.91 Å². The van der Waals surface area contributed by atoms with Gasteiger partial charge in [-0.3, -0.25) is 4.79 Å². The van der Waals surface area contributed by atoms with Crippen LogP contribution in [0.1, 0.15) is 22.8 Å². The minimum Gasteiger partial charge on any atom is -0.449 e. The van der Waals surface area contributed by atoms with Gasteiger partial charge >= 0.3 is 5.97 Å². The summed E-state index contributed by atoms with van der Waals surface area (Å²) in [6.07, 6.45) is -0.889. The normalized spacial score (nSPS) is 11.8. The molecular formula is C21H19NO3. The molecule has 3 aromatic rings. The number of carbonyl (C=O) groups is 2. The highest BCUT2D eigenvalue weighted by molar-refractivity contribution is 5.99. The molecule has 0 radical (unpaired) electrons. The number of rotatable bonds is 4. The predicted octanol–water partition coefficient (Wildman–Crippen LogP) is 4.33. The van der Waals surface area contributed by atoms with Crippen LogP contribution in [0.3, 0.4) is 0 Å². The smallest absolute Gasteiger partial charge is 0.338 e. The highest BCUT2D eigenvalue weighted by Gasteiger charge is 2.19. The molecule has 1 amide bonds. The number of aryl methyl sites for hydroxylation is 1. The predicted molar refractivity (Wildman–Crippen MR) is 98.6 cm³/mol. The molecule has 1 N–H and O–H groups in total. The topological polar surface area (TPSA) is 55.4 Å². The van der Waals surface area contributed by atoms with E-state index in [4.69, 9.17) is 4.74 Å². The van der Waals surface area contributed by atoms with Gasteiger partial charge in [0.2, 0.25) is 0 Å². The summed E-state index contributed by atoms with van der Waals surface area (Å²) in [5, 5.41) is 4.75. The monoisotopic (exact) mass is 333 g/mol. The van der Waals surface area contributed by atoms with E-state index in [9.17, 15) is 9.59 Å². The van der Waals surface area contributed by atoms with E-state index in [1.807, 2.05) is 55.5 Å². The number of anilines is 1. The van der Waals surface area contributed by atoms with E-state index in [0.717, 1.165) is 16.3 Å². The Labute approximate surface area is 146 Å². The van der Waals surface area contributed by atoms with E-state index < -0.39 is 12.1 Å². The molecule has 3 rings (SSSR count). The molecule has 126 valence electrons. The number of carbonyl (C=O) groups excluding carboxylic acids is 2. The molecule has 4 heteroatoms. The number of benzene rings is 3. The van der Waals surface area contributed by atoms with Crippen LogP contribution in [-0.4, -0.2) is 18.0 Å². The van der Waals surface area contributed by atoms with Crippen molar-refractivity contribution in [1.82, 2.24) is 0 Å². The van der Waals surface area contributed by atoms with Crippen molar-refractivity contribution >= 4 is 28.3 Å². The first kappa shape index (κ1) is 16.7. The lowest BCUT2D eigenvalue weighted by molar-refractivity contribution is -0.123. The number of ether oxygens (including phenoxy) is 1. The molecule has 0 aliphatic carbocycles. The Balaban J connectivity index is 1.67. The number of amides is 1. The van der Waals surface area contributed by atoms with Crippen molar-refractivity contribution in [3.63, 3.8) is 0 Å². The molecule has 0 saturated heterocycles. The van der Waals surface area contributed by atoms with Gasteiger partial charge in [0.1, 0.15) is 0 Å². The molecule has 4 nitrogen and oxygen atoms in total. The summed E-state index contributed by atoms with van der Waals surface area (Å²) in [6.45, 7) is 3.50. The fourth-order valence-corrected chi connectivity index (χ4v) is 2.57. The molecule has 0 bridgehead atoms.